The lowest BCUT2D eigenvalue weighted by molar-refractivity contribution is -0.117. The number of nitrogens with one attached hydrogen (secondary N) is 3. The number of piperidine rings is 1. The van der Waals surface area contributed by atoms with Crippen LogP contribution in [-0.2, 0) is 16.0 Å². The van der Waals surface area contributed by atoms with Gasteiger partial charge in [-0.2, -0.15) is 0 Å². The summed E-state index contributed by atoms with van der Waals surface area (Å²) in [6, 6.07) is 11.2. The molecule has 1 fully saturated rings. The van der Waals surface area contributed by atoms with Crippen LogP contribution in [0.15, 0.2) is 41.8 Å². The zero-order valence-electron chi connectivity index (χ0n) is 14.8. The predicted molar refractivity (Wildman–Crippen MR) is 107 cm³/mol. The lowest BCUT2D eigenvalue weighted by Crippen LogP contribution is -2.28. The highest BCUT2D eigenvalue weighted by Gasteiger charge is 2.15. The monoisotopic (exact) mass is 371 g/mol. The van der Waals surface area contributed by atoms with Crippen LogP contribution in [0.25, 0.3) is 0 Å². The molecule has 2 aromatic rings. The average Bonchev–Trinajstić information content (AvgIpc) is 3.15. The second kappa shape index (κ2) is 9.50. The standard InChI is InChI=1S/C20H25N3O2S/c24-19(8-7-15-9-11-21-12-10-15)22-17-5-1-2-6-18(17)23-20(25)14-16-4-3-13-26-16/h1-6,13,15,21H,7-12,14H2,(H,22,24)(H,23,25). The predicted octanol–water partition coefficient (Wildman–Crippen LogP) is 3.65. The van der Waals surface area contributed by atoms with Gasteiger partial charge in [0, 0.05) is 11.3 Å². The van der Waals surface area contributed by atoms with E-state index < -0.39 is 0 Å². The largest absolute Gasteiger partial charge is 0.324 e. The minimum absolute atomic E-state index is 0.00323. The van der Waals surface area contributed by atoms with Crippen LogP contribution < -0.4 is 16.0 Å². The molecule has 0 radical (unpaired) electrons. The molecule has 0 spiro atoms. The molecule has 1 saturated heterocycles. The van der Waals surface area contributed by atoms with E-state index in [1.54, 1.807) is 11.3 Å². The summed E-state index contributed by atoms with van der Waals surface area (Å²) in [5.74, 6) is 0.551. The summed E-state index contributed by atoms with van der Waals surface area (Å²) in [6.07, 6.45) is 4.06. The third-order valence-corrected chi connectivity index (χ3v) is 5.50. The van der Waals surface area contributed by atoms with E-state index in [4.69, 9.17) is 0 Å². The normalized spacial score (nSPS) is 14.8. The Morgan fingerprint density at radius 3 is 2.35 bits per heavy atom. The molecule has 1 aliphatic rings. The average molecular weight is 372 g/mol. The van der Waals surface area contributed by atoms with E-state index >= 15 is 0 Å². The lowest BCUT2D eigenvalue weighted by atomic mass is 9.93. The van der Waals surface area contributed by atoms with Crippen LogP contribution in [0.1, 0.15) is 30.6 Å². The summed E-state index contributed by atoms with van der Waals surface area (Å²) in [7, 11) is 0. The molecule has 2 amide bonds. The van der Waals surface area contributed by atoms with E-state index in [0.717, 1.165) is 37.2 Å². The molecule has 0 atom stereocenters. The molecule has 0 aliphatic carbocycles. The van der Waals surface area contributed by atoms with Gasteiger partial charge in [-0.1, -0.05) is 18.2 Å². The summed E-state index contributed by atoms with van der Waals surface area (Å²) in [5, 5.41) is 11.2. The fourth-order valence-electron chi connectivity index (χ4n) is 3.19. The SMILES string of the molecule is O=C(CCC1CCNCC1)Nc1ccccc1NC(=O)Cc1cccs1. The van der Waals surface area contributed by atoms with E-state index in [9.17, 15) is 9.59 Å². The van der Waals surface area contributed by atoms with Gasteiger partial charge in [0.1, 0.15) is 0 Å². The Kier molecular flexibility index (Phi) is 6.80. The zero-order valence-corrected chi connectivity index (χ0v) is 15.6. The van der Waals surface area contributed by atoms with Crippen LogP contribution >= 0.6 is 11.3 Å². The van der Waals surface area contributed by atoms with Crippen LogP contribution in [-0.4, -0.2) is 24.9 Å². The van der Waals surface area contributed by atoms with Crippen molar-refractivity contribution in [3.05, 3.63) is 46.7 Å². The van der Waals surface area contributed by atoms with Gasteiger partial charge in [0.05, 0.1) is 17.8 Å². The van der Waals surface area contributed by atoms with Gasteiger partial charge >= 0.3 is 0 Å². The van der Waals surface area contributed by atoms with Crippen molar-refractivity contribution in [2.45, 2.75) is 32.1 Å². The number of anilines is 2. The molecule has 3 rings (SSSR count). The fraction of sp³-hybridized carbons (Fsp3) is 0.400. The third kappa shape index (κ3) is 5.68. The molecular weight excluding hydrogens is 346 g/mol. The Bertz CT molecular complexity index is 724. The molecule has 1 aromatic heterocycles. The van der Waals surface area contributed by atoms with E-state index in [1.807, 2.05) is 41.8 Å². The van der Waals surface area contributed by atoms with Gasteiger partial charge in [-0.05, 0) is 61.8 Å². The van der Waals surface area contributed by atoms with Crippen LogP contribution in [0, 0.1) is 5.92 Å². The maximum atomic E-state index is 12.3. The molecule has 3 N–H and O–H groups in total. The summed E-state index contributed by atoms with van der Waals surface area (Å²) in [5.41, 5.74) is 1.30. The molecule has 0 saturated carbocycles. The number of amides is 2. The number of carbonyl (C=O) groups excluding carboxylic acids is 2. The van der Waals surface area contributed by atoms with Crippen LogP contribution in [0.2, 0.25) is 0 Å². The second-order valence-electron chi connectivity index (χ2n) is 6.63. The Morgan fingerprint density at radius 1 is 1.00 bits per heavy atom. The van der Waals surface area contributed by atoms with Gasteiger partial charge in [-0.3, -0.25) is 9.59 Å². The van der Waals surface area contributed by atoms with Gasteiger partial charge < -0.3 is 16.0 Å². The highest BCUT2D eigenvalue weighted by atomic mass is 32.1. The molecule has 6 heteroatoms. The summed E-state index contributed by atoms with van der Waals surface area (Å²) in [4.78, 5) is 25.6. The number of benzene rings is 1. The zero-order chi connectivity index (χ0) is 18.2. The minimum atomic E-state index is -0.0798. The summed E-state index contributed by atoms with van der Waals surface area (Å²) < 4.78 is 0. The van der Waals surface area contributed by atoms with Crippen molar-refractivity contribution in [3.63, 3.8) is 0 Å². The molecule has 26 heavy (non-hydrogen) atoms. The summed E-state index contributed by atoms with van der Waals surface area (Å²) >= 11 is 1.56. The maximum absolute atomic E-state index is 12.3. The molecule has 138 valence electrons. The van der Waals surface area contributed by atoms with Gasteiger partial charge in [-0.15, -0.1) is 11.3 Å². The van der Waals surface area contributed by atoms with Crippen molar-refractivity contribution in [1.29, 1.82) is 0 Å². The van der Waals surface area contributed by atoms with Crippen molar-refractivity contribution in [3.8, 4) is 0 Å². The van der Waals surface area contributed by atoms with Gasteiger partial charge in [-0.25, -0.2) is 0 Å². The Labute approximate surface area is 158 Å². The molecule has 0 bridgehead atoms. The van der Waals surface area contributed by atoms with E-state index in [1.165, 1.54) is 0 Å². The van der Waals surface area contributed by atoms with Crippen molar-refractivity contribution >= 4 is 34.5 Å². The highest BCUT2D eigenvalue weighted by molar-refractivity contribution is 7.10. The molecular formula is C20H25N3O2S. The van der Waals surface area contributed by atoms with E-state index in [-0.39, 0.29) is 11.8 Å². The molecule has 0 unspecified atom stereocenters. The van der Waals surface area contributed by atoms with Gasteiger partial charge in [0.2, 0.25) is 11.8 Å². The number of rotatable bonds is 7. The smallest absolute Gasteiger partial charge is 0.229 e. The number of carbonyl (C=O) groups is 2. The topological polar surface area (TPSA) is 70.2 Å². The van der Waals surface area contributed by atoms with Gasteiger partial charge in [0.25, 0.3) is 0 Å². The van der Waals surface area contributed by atoms with Crippen LogP contribution in [0.5, 0.6) is 0 Å². The van der Waals surface area contributed by atoms with Crippen molar-refractivity contribution in [2.75, 3.05) is 23.7 Å². The Morgan fingerprint density at radius 2 is 1.69 bits per heavy atom. The van der Waals surface area contributed by atoms with Gasteiger partial charge in [0.15, 0.2) is 0 Å². The second-order valence-corrected chi connectivity index (χ2v) is 7.66. The maximum Gasteiger partial charge on any atom is 0.229 e. The number of hydrogen-bond donors (Lipinski definition) is 3. The van der Waals surface area contributed by atoms with E-state index in [2.05, 4.69) is 16.0 Å². The molecule has 2 heterocycles. The molecule has 5 nitrogen and oxygen atoms in total. The highest BCUT2D eigenvalue weighted by Crippen LogP contribution is 2.23. The molecule has 1 aromatic carbocycles. The quantitative estimate of drug-likeness (QED) is 0.696. The fourth-order valence-corrected chi connectivity index (χ4v) is 3.89. The number of para-hydroxylation sites is 2. The van der Waals surface area contributed by atoms with Crippen molar-refractivity contribution < 1.29 is 9.59 Å². The number of hydrogen-bond acceptors (Lipinski definition) is 4. The van der Waals surface area contributed by atoms with Crippen LogP contribution in [0.4, 0.5) is 11.4 Å². The Balaban J connectivity index is 1.52. The van der Waals surface area contributed by atoms with Crippen molar-refractivity contribution in [2.24, 2.45) is 5.92 Å². The van der Waals surface area contributed by atoms with Crippen LogP contribution in [0.3, 0.4) is 0 Å². The molecule has 1 aliphatic heterocycles. The summed E-state index contributed by atoms with van der Waals surface area (Å²) in [6.45, 7) is 2.09. The minimum Gasteiger partial charge on any atom is -0.324 e. The lowest BCUT2D eigenvalue weighted by Gasteiger charge is -2.22. The first-order valence-corrected chi connectivity index (χ1v) is 10.0. The first kappa shape index (κ1) is 18.6. The van der Waals surface area contributed by atoms with Crippen molar-refractivity contribution in [1.82, 2.24) is 5.32 Å². The number of thiophene rings is 1. The first-order chi connectivity index (χ1) is 12.7. The first-order valence-electron chi connectivity index (χ1n) is 9.12. The Hall–Kier alpha value is -2.18. The third-order valence-electron chi connectivity index (χ3n) is 4.63. The van der Waals surface area contributed by atoms with E-state index in [0.29, 0.717) is 30.1 Å².